The fourth-order valence-corrected chi connectivity index (χ4v) is 11.1. The lowest BCUT2D eigenvalue weighted by Crippen LogP contribution is -2.56. The molecular formula is C53H58FN9O5. The monoisotopic (exact) mass is 919 g/mol. The molecule has 0 aliphatic carbocycles. The zero-order chi connectivity index (χ0) is 47.1. The van der Waals surface area contributed by atoms with Gasteiger partial charge in [0.1, 0.15) is 23.1 Å². The van der Waals surface area contributed by atoms with Crippen LogP contribution in [0.25, 0.3) is 32.9 Å². The molecule has 0 saturated carbocycles. The van der Waals surface area contributed by atoms with Gasteiger partial charge in [-0.05, 0) is 99.9 Å². The average molecular weight is 920 g/mol. The summed E-state index contributed by atoms with van der Waals surface area (Å²) in [5.41, 5.74) is 3.04. The van der Waals surface area contributed by atoms with E-state index in [4.69, 9.17) is 26.1 Å². The van der Waals surface area contributed by atoms with Crippen molar-refractivity contribution in [1.29, 1.82) is 0 Å². The molecule has 5 aliphatic heterocycles. The summed E-state index contributed by atoms with van der Waals surface area (Å²) in [7, 11) is 0. The maximum Gasteiger partial charge on any atom is 0.319 e. The number of imide groups is 2. The van der Waals surface area contributed by atoms with E-state index in [-0.39, 0.29) is 42.1 Å². The minimum atomic E-state index is -0.989. The third-order valence-electron chi connectivity index (χ3n) is 15.0. The molecule has 3 atom stereocenters. The molecule has 0 bridgehead atoms. The number of piperazine rings is 1. The highest BCUT2D eigenvalue weighted by Crippen LogP contribution is 2.38. The number of piperidine rings is 3. The lowest BCUT2D eigenvalue weighted by Gasteiger charge is -2.39. The maximum absolute atomic E-state index is 17.1. The predicted molar refractivity (Wildman–Crippen MR) is 259 cm³/mol. The smallest absolute Gasteiger partial charge is 0.319 e. The second-order valence-electron chi connectivity index (χ2n) is 19.1. The average Bonchev–Trinajstić information content (AvgIpc) is 3.62. The number of terminal acetylenes is 1. The van der Waals surface area contributed by atoms with Crippen LogP contribution in [-0.2, 0) is 9.59 Å². The van der Waals surface area contributed by atoms with Crippen LogP contribution >= 0.6 is 0 Å². The van der Waals surface area contributed by atoms with Gasteiger partial charge >= 0.3 is 6.01 Å². The summed E-state index contributed by atoms with van der Waals surface area (Å²) in [6.45, 7) is 10.7. The van der Waals surface area contributed by atoms with Crippen molar-refractivity contribution in [1.82, 2.24) is 35.4 Å². The minimum Gasteiger partial charge on any atom is -0.463 e. The second kappa shape index (κ2) is 19.2. The molecule has 3 aromatic carbocycles. The summed E-state index contributed by atoms with van der Waals surface area (Å²) in [5.74, 6) is 1.90. The van der Waals surface area contributed by atoms with Crippen LogP contribution in [0.15, 0.2) is 60.8 Å². The number of amides is 4. The molecule has 14 nitrogen and oxygen atoms in total. The molecule has 68 heavy (non-hydrogen) atoms. The fraction of sp³-hybridized carbons (Fsp3) is 0.453. The summed E-state index contributed by atoms with van der Waals surface area (Å²) in [4.78, 5) is 74.1. The normalized spacial score (nSPS) is 22.0. The number of aromatic nitrogens is 3. The third-order valence-corrected chi connectivity index (χ3v) is 15.0. The number of anilines is 2. The predicted octanol–water partition coefficient (Wildman–Crippen LogP) is 6.73. The summed E-state index contributed by atoms with van der Waals surface area (Å²) in [6.07, 6.45) is 14.6. The van der Waals surface area contributed by atoms with Crippen molar-refractivity contribution in [3.8, 4) is 29.6 Å². The number of likely N-dealkylation sites (tertiary alicyclic amines) is 1. The van der Waals surface area contributed by atoms with Crippen LogP contribution in [0.5, 0.6) is 6.01 Å². The molecule has 4 amide bonds. The fourth-order valence-electron chi connectivity index (χ4n) is 11.1. The van der Waals surface area contributed by atoms with Crippen LogP contribution in [-0.4, -0.2) is 119 Å². The van der Waals surface area contributed by atoms with E-state index in [1.807, 2.05) is 42.5 Å². The molecule has 15 heteroatoms. The van der Waals surface area contributed by atoms with Crippen molar-refractivity contribution in [2.24, 2.45) is 11.8 Å². The Bertz CT molecular complexity index is 2820. The van der Waals surface area contributed by atoms with E-state index in [0.29, 0.717) is 51.9 Å². The largest absolute Gasteiger partial charge is 0.463 e. The number of nitrogens with one attached hydrogen (secondary N) is 2. The van der Waals surface area contributed by atoms with Crippen molar-refractivity contribution >= 4 is 56.8 Å². The summed E-state index contributed by atoms with van der Waals surface area (Å²) < 4.78 is 23.4. The summed E-state index contributed by atoms with van der Waals surface area (Å²) >= 11 is 0. The van der Waals surface area contributed by atoms with Gasteiger partial charge in [0.2, 0.25) is 11.8 Å². The Morgan fingerprint density at radius 1 is 0.824 bits per heavy atom. The number of fused-ring (bicyclic) bond motifs is 3. The highest BCUT2D eigenvalue weighted by Gasteiger charge is 2.46. The summed E-state index contributed by atoms with van der Waals surface area (Å²) in [6, 6.07) is 16.5. The van der Waals surface area contributed by atoms with Gasteiger partial charge in [0, 0.05) is 73.9 Å². The first kappa shape index (κ1) is 45.3. The lowest BCUT2D eigenvalue weighted by molar-refractivity contribution is -0.136. The van der Waals surface area contributed by atoms with E-state index >= 15 is 4.39 Å². The molecule has 7 heterocycles. The number of carbonyl (C=O) groups is 4. The van der Waals surface area contributed by atoms with Gasteiger partial charge in [-0.1, -0.05) is 56.2 Å². The van der Waals surface area contributed by atoms with Gasteiger partial charge in [0.25, 0.3) is 11.8 Å². The van der Waals surface area contributed by atoms with Crippen molar-refractivity contribution in [3.63, 3.8) is 0 Å². The van der Waals surface area contributed by atoms with Crippen molar-refractivity contribution in [2.45, 2.75) is 89.8 Å². The van der Waals surface area contributed by atoms with Crippen LogP contribution < -0.4 is 25.2 Å². The van der Waals surface area contributed by atoms with Gasteiger partial charge in [-0.15, -0.1) is 6.42 Å². The molecule has 2 aromatic heterocycles. The van der Waals surface area contributed by atoms with Crippen LogP contribution in [0.2, 0.25) is 0 Å². The first-order chi connectivity index (χ1) is 33.1. The summed E-state index contributed by atoms with van der Waals surface area (Å²) in [5, 5.41) is 8.25. The van der Waals surface area contributed by atoms with Crippen molar-refractivity contribution in [3.05, 3.63) is 83.3 Å². The van der Waals surface area contributed by atoms with E-state index < -0.39 is 35.5 Å². The van der Waals surface area contributed by atoms with E-state index in [9.17, 15) is 19.2 Å². The number of nitrogens with zero attached hydrogens (tertiary/aromatic N) is 7. The molecule has 2 N–H and O–H groups in total. The Morgan fingerprint density at radius 2 is 1.53 bits per heavy atom. The first-order valence-electron chi connectivity index (χ1n) is 24.4. The number of halogens is 1. The molecule has 3 unspecified atom stereocenters. The Kier molecular flexibility index (Phi) is 12.8. The number of carbonyl (C=O) groups excluding carboxylic acids is 4. The van der Waals surface area contributed by atoms with Crippen molar-refractivity contribution in [2.75, 3.05) is 62.2 Å². The van der Waals surface area contributed by atoms with Gasteiger partial charge in [-0.25, -0.2) is 4.39 Å². The number of ether oxygens (including phenoxy) is 1. The molecular weight excluding hydrogens is 862 g/mol. The molecule has 5 aromatic rings. The molecule has 5 aliphatic rings. The highest BCUT2D eigenvalue weighted by atomic mass is 19.1. The lowest BCUT2D eigenvalue weighted by atomic mass is 9.91. The number of hydrogen-bond donors (Lipinski definition) is 2. The minimum absolute atomic E-state index is 0.0855. The van der Waals surface area contributed by atoms with Crippen LogP contribution in [0.3, 0.4) is 0 Å². The Balaban J connectivity index is 0.777. The number of rotatable bonds is 12. The molecule has 352 valence electrons. The van der Waals surface area contributed by atoms with Crippen LogP contribution in [0.4, 0.5) is 15.9 Å². The molecule has 4 saturated heterocycles. The quantitative estimate of drug-likeness (QED) is 0.101. The SMILES string of the molecule is C#Cc1cccc2cccc(-c3ncc4c(N5CC(CC)NC(CC)C5)nc(OCCC5CCN(CC6CCN(c7cccc8c7C(=O)N(C7CCC(=O)NC7=O)C8=O)CC6)CC5)nc4c3F)c12. The molecule has 10 rings (SSSR count). The zero-order valence-corrected chi connectivity index (χ0v) is 38.8. The van der Waals surface area contributed by atoms with Crippen LogP contribution in [0.1, 0.15) is 97.9 Å². The van der Waals surface area contributed by atoms with E-state index in [2.05, 4.69) is 45.1 Å². The number of pyridine rings is 1. The Hall–Kier alpha value is -6.50. The van der Waals surface area contributed by atoms with E-state index in [1.165, 1.54) is 0 Å². The Labute approximate surface area is 396 Å². The Morgan fingerprint density at radius 3 is 2.25 bits per heavy atom. The van der Waals surface area contributed by atoms with Gasteiger partial charge in [0.15, 0.2) is 5.82 Å². The van der Waals surface area contributed by atoms with E-state index in [1.54, 1.807) is 18.3 Å². The van der Waals surface area contributed by atoms with Gasteiger partial charge in [0.05, 0.1) is 28.8 Å². The molecule has 0 radical (unpaired) electrons. The van der Waals surface area contributed by atoms with Crippen LogP contribution in [0, 0.1) is 30.0 Å². The first-order valence-corrected chi connectivity index (χ1v) is 24.4. The van der Waals surface area contributed by atoms with Crippen molar-refractivity contribution < 1.29 is 28.3 Å². The van der Waals surface area contributed by atoms with Gasteiger partial charge in [-0.3, -0.25) is 34.4 Å². The molecule has 4 fully saturated rings. The van der Waals surface area contributed by atoms with Gasteiger partial charge < -0.3 is 24.8 Å². The standard InChI is InChI=1S/C53H58FN9O5/c1-4-34-10-7-11-35-12-8-13-38(44(34)35)47-46(54)48-40(28-55-47)49(62-30-36(5-2)56-37(6-3)31-62)59-53(58-48)68-27-22-32-18-23-60(24-19-32)29-33-20-25-61(26-21-33)41-15-9-14-39-45(41)52(67)63(51(39)66)42-16-17-43(64)57-50(42)65/h1,7-15,28,32-33,36-37,42,56H,5-6,16-27,29-31H2,2-3H3,(H,57,64,65). The topological polar surface area (TPSA) is 153 Å². The number of benzene rings is 3. The zero-order valence-electron chi connectivity index (χ0n) is 38.8. The molecule has 0 spiro atoms. The maximum atomic E-state index is 17.1. The third kappa shape index (κ3) is 8.64. The number of hydrogen-bond acceptors (Lipinski definition) is 12. The highest BCUT2D eigenvalue weighted by molar-refractivity contribution is 6.25. The van der Waals surface area contributed by atoms with Gasteiger partial charge in [-0.2, -0.15) is 9.97 Å². The van der Waals surface area contributed by atoms with E-state index in [0.717, 1.165) is 112 Å². The second-order valence-corrected chi connectivity index (χ2v) is 19.1.